The monoisotopic (exact) mass is 266 g/mol. The van der Waals surface area contributed by atoms with E-state index in [2.05, 4.69) is 0 Å². The van der Waals surface area contributed by atoms with Gasteiger partial charge in [0.05, 0.1) is 6.10 Å². The zero-order chi connectivity index (χ0) is 12.3. The molecule has 1 atom stereocenters. The number of aliphatic hydroxyl groups is 1. The highest BCUT2D eigenvalue weighted by Crippen LogP contribution is 2.25. The van der Waals surface area contributed by atoms with Crippen LogP contribution in [0.1, 0.15) is 17.2 Å². The molecule has 0 saturated carbocycles. The van der Waals surface area contributed by atoms with Gasteiger partial charge < -0.3 is 5.11 Å². The van der Waals surface area contributed by atoms with E-state index < -0.39 is 6.10 Å². The van der Waals surface area contributed by atoms with Gasteiger partial charge in [0.2, 0.25) is 0 Å². The zero-order valence-corrected chi connectivity index (χ0v) is 10.6. The van der Waals surface area contributed by atoms with Crippen LogP contribution in [0.3, 0.4) is 0 Å². The molecule has 88 valence electrons. The molecule has 0 aliphatic rings. The summed E-state index contributed by atoms with van der Waals surface area (Å²) in [5.74, 6) is 0. The minimum atomic E-state index is -0.593. The van der Waals surface area contributed by atoms with Crippen molar-refractivity contribution in [2.24, 2.45) is 0 Å². The molecule has 17 heavy (non-hydrogen) atoms. The summed E-state index contributed by atoms with van der Waals surface area (Å²) in [5, 5.41) is 11.4. The van der Waals surface area contributed by atoms with E-state index in [9.17, 15) is 5.11 Å². The maximum atomic E-state index is 10.1. The fraction of sp³-hybridized carbons (Fsp3) is 0.143. The molecular formula is C14H12Cl2O. The molecule has 0 fully saturated rings. The van der Waals surface area contributed by atoms with Crippen LogP contribution in [0.25, 0.3) is 0 Å². The van der Waals surface area contributed by atoms with Gasteiger partial charge in [0, 0.05) is 16.5 Å². The Kier molecular flexibility index (Phi) is 4.06. The van der Waals surface area contributed by atoms with Crippen molar-refractivity contribution in [1.29, 1.82) is 0 Å². The number of halogens is 2. The van der Waals surface area contributed by atoms with E-state index in [1.807, 2.05) is 42.5 Å². The Bertz CT molecular complexity index is 494. The second kappa shape index (κ2) is 5.54. The molecule has 2 rings (SSSR count). The molecule has 1 N–H and O–H groups in total. The molecule has 0 aliphatic heterocycles. The Balaban J connectivity index is 2.14. The number of hydrogen-bond donors (Lipinski definition) is 1. The summed E-state index contributed by atoms with van der Waals surface area (Å²) < 4.78 is 0. The summed E-state index contributed by atoms with van der Waals surface area (Å²) in [5.41, 5.74) is 1.78. The normalized spacial score (nSPS) is 12.4. The fourth-order valence-electron chi connectivity index (χ4n) is 1.70. The van der Waals surface area contributed by atoms with Gasteiger partial charge in [0.25, 0.3) is 0 Å². The van der Waals surface area contributed by atoms with Crippen molar-refractivity contribution in [2.75, 3.05) is 0 Å². The van der Waals surface area contributed by atoms with E-state index in [0.29, 0.717) is 16.5 Å². The van der Waals surface area contributed by atoms with Crippen LogP contribution in [-0.2, 0) is 6.42 Å². The quantitative estimate of drug-likeness (QED) is 0.880. The van der Waals surface area contributed by atoms with Gasteiger partial charge in [0.15, 0.2) is 0 Å². The number of rotatable bonds is 3. The van der Waals surface area contributed by atoms with E-state index in [-0.39, 0.29) is 0 Å². The average molecular weight is 267 g/mol. The fourth-order valence-corrected chi connectivity index (χ4v) is 2.09. The lowest BCUT2D eigenvalue weighted by molar-refractivity contribution is 0.178. The van der Waals surface area contributed by atoms with Crippen LogP contribution in [0.4, 0.5) is 0 Å². The highest BCUT2D eigenvalue weighted by molar-refractivity contribution is 6.31. The van der Waals surface area contributed by atoms with Gasteiger partial charge in [-0.2, -0.15) is 0 Å². The maximum absolute atomic E-state index is 10.1. The molecule has 0 amide bonds. The summed E-state index contributed by atoms with van der Waals surface area (Å²) in [6.07, 6.45) is -0.0640. The Morgan fingerprint density at radius 1 is 0.941 bits per heavy atom. The molecule has 2 aromatic rings. The van der Waals surface area contributed by atoms with Crippen molar-refractivity contribution in [1.82, 2.24) is 0 Å². The summed E-state index contributed by atoms with van der Waals surface area (Å²) in [4.78, 5) is 0. The lowest BCUT2D eigenvalue weighted by Crippen LogP contribution is -2.02. The van der Waals surface area contributed by atoms with Gasteiger partial charge in [-0.25, -0.2) is 0 Å². The highest BCUT2D eigenvalue weighted by Gasteiger charge is 2.11. The standard InChI is InChI=1S/C14H12Cl2O/c15-11-7-5-10(6-8-11)9-14(17)12-3-1-2-4-13(12)16/h1-8,14,17H,9H2. The Hall–Kier alpha value is -1.02. The zero-order valence-electron chi connectivity index (χ0n) is 9.11. The van der Waals surface area contributed by atoms with Crippen LogP contribution in [0.5, 0.6) is 0 Å². The third kappa shape index (κ3) is 3.22. The summed E-state index contributed by atoms with van der Waals surface area (Å²) in [7, 11) is 0. The van der Waals surface area contributed by atoms with Crippen molar-refractivity contribution >= 4 is 23.2 Å². The lowest BCUT2D eigenvalue weighted by atomic mass is 10.0. The molecule has 0 saturated heterocycles. The van der Waals surface area contributed by atoms with Gasteiger partial charge in [-0.1, -0.05) is 53.5 Å². The Labute approximate surface area is 111 Å². The predicted molar refractivity (Wildman–Crippen MR) is 71.6 cm³/mol. The van der Waals surface area contributed by atoms with E-state index >= 15 is 0 Å². The largest absolute Gasteiger partial charge is 0.388 e. The van der Waals surface area contributed by atoms with E-state index in [1.165, 1.54) is 0 Å². The molecule has 2 aromatic carbocycles. The minimum Gasteiger partial charge on any atom is -0.388 e. The van der Waals surface area contributed by atoms with Crippen molar-refractivity contribution in [3.63, 3.8) is 0 Å². The average Bonchev–Trinajstić information content (AvgIpc) is 2.32. The Morgan fingerprint density at radius 3 is 2.24 bits per heavy atom. The molecule has 0 bridgehead atoms. The van der Waals surface area contributed by atoms with Gasteiger partial charge in [-0.05, 0) is 29.3 Å². The third-order valence-electron chi connectivity index (χ3n) is 2.61. The molecule has 3 heteroatoms. The smallest absolute Gasteiger partial charge is 0.0844 e. The van der Waals surface area contributed by atoms with Crippen LogP contribution in [-0.4, -0.2) is 5.11 Å². The maximum Gasteiger partial charge on any atom is 0.0844 e. The molecule has 0 spiro atoms. The lowest BCUT2D eigenvalue weighted by Gasteiger charge is -2.12. The Morgan fingerprint density at radius 2 is 1.59 bits per heavy atom. The first-order valence-electron chi connectivity index (χ1n) is 5.34. The van der Waals surface area contributed by atoms with Gasteiger partial charge >= 0.3 is 0 Å². The SMILES string of the molecule is OC(Cc1ccc(Cl)cc1)c1ccccc1Cl. The second-order valence-electron chi connectivity index (χ2n) is 3.87. The minimum absolute atomic E-state index is 0.529. The third-order valence-corrected chi connectivity index (χ3v) is 3.20. The molecule has 0 radical (unpaired) electrons. The number of hydrogen-bond acceptors (Lipinski definition) is 1. The summed E-state index contributed by atoms with van der Waals surface area (Å²) >= 11 is 11.8. The van der Waals surface area contributed by atoms with Crippen LogP contribution in [0.2, 0.25) is 10.0 Å². The second-order valence-corrected chi connectivity index (χ2v) is 4.71. The number of aliphatic hydroxyl groups excluding tert-OH is 1. The summed E-state index contributed by atoms with van der Waals surface area (Å²) in [6, 6.07) is 14.8. The first kappa shape index (κ1) is 12.4. The van der Waals surface area contributed by atoms with Gasteiger partial charge in [-0.15, -0.1) is 0 Å². The van der Waals surface area contributed by atoms with Crippen molar-refractivity contribution in [3.8, 4) is 0 Å². The predicted octanol–water partition coefficient (Wildman–Crippen LogP) is 4.27. The topological polar surface area (TPSA) is 20.2 Å². The van der Waals surface area contributed by atoms with E-state index in [4.69, 9.17) is 23.2 Å². The summed E-state index contributed by atoms with van der Waals surface area (Å²) in [6.45, 7) is 0. The first-order valence-corrected chi connectivity index (χ1v) is 6.09. The van der Waals surface area contributed by atoms with Crippen molar-refractivity contribution in [2.45, 2.75) is 12.5 Å². The molecule has 0 aromatic heterocycles. The van der Waals surface area contributed by atoms with E-state index in [0.717, 1.165) is 11.1 Å². The van der Waals surface area contributed by atoms with Crippen LogP contribution in [0.15, 0.2) is 48.5 Å². The highest BCUT2D eigenvalue weighted by atomic mass is 35.5. The van der Waals surface area contributed by atoms with Gasteiger partial charge in [0.1, 0.15) is 0 Å². The van der Waals surface area contributed by atoms with Crippen LogP contribution in [0, 0.1) is 0 Å². The van der Waals surface area contributed by atoms with Gasteiger partial charge in [-0.3, -0.25) is 0 Å². The molecule has 1 unspecified atom stereocenters. The van der Waals surface area contributed by atoms with Crippen molar-refractivity contribution in [3.05, 3.63) is 69.7 Å². The van der Waals surface area contributed by atoms with E-state index in [1.54, 1.807) is 6.07 Å². The molecule has 0 heterocycles. The molecular weight excluding hydrogens is 255 g/mol. The first-order chi connectivity index (χ1) is 8.16. The van der Waals surface area contributed by atoms with Crippen LogP contribution >= 0.6 is 23.2 Å². The van der Waals surface area contributed by atoms with Crippen LogP contribution < -0.4 is 0 Å². The number of benzene rings is 2. The molecule has 1 nitrogen and oxygen atoms in total. The molecule has 0 aliphatic carbocycles. The van der Waals surface area contributed by atoms with Crippen molar-refractivity contribution < 1.29 is 5.11 Å².